The molecule has 3 N–H and O–H groups in total. The molecule has 0 amide bonds. The number of aryl methyl sites for hydroxylation is 2. The maximum Gasteiger partial charge on any atom is 0.124 e. The zero-order valence-electron chi connectivity index (χ0n) is 12.3. The summed E-state index contributed by atoms with van der Waals surface area (Å²) in [6, 6.07) is 4.26. The molecule has 0 atom stereocenters. The molecule has 0 bridgehead atoms. The van der Waals surface area contributed by atoms with Crippen LogP contribution in [-0.4, -0.2) is 20.2 Å². The molecule has 0 aromatic heterocycles. The normalized spacial score (nSPS) is 11.4. The van der Waals surface area contributed by atoms with E-state index in [-0.39, 0.29) is 5.41 Å². The van der Waals surface area contributed by atoms with E-state index in [2.05, 4.69) is 45.1 Å². The third-order valence-electron chi connectivity index (χ3n) is 3.26. The van der Waals surface area contributed by atoms with Gasteiger partial charge in [-0.15, -0.1) is 0 Å². The molecule has 0 spiro atoms. The molecule has 0 fully saturated rings. The van der Waals surface area contributed by atoms with E-state index in [1.807, 2.05) is 0 Å². The van der Waals surface area contributed by atoms with Crippen LogP contribution >= 0.6 is 0 Å². The van der Waals surface area contributed by atoms with Crippen LogP contribution < -0.4 is 15.8 Å². The molecular weight excluding hydrogens is 224 g/mol. The topological polar surface area (TPSA) is 47.3 Å². The molecule has 0 aliphatic rings. The summed E-state index contributed by atoms with van der Waals surface area (Å²) in [5, 5.41) is 3.49. The number of hydrogen-bond acceptors (Lipinski definition) is 3. The van der Waals surface area contributed by atoms with Gasteiger partial charge in [0.05, 0.1) is 7.11 Å². The summed E-state index contributed by atoms with van der Waals surface area (Å²) < 4.78 is 5.37. The number of ether oxygens (including phenoxy) is 1. The van der Waals surface area contributed by atoms with Crippen LogP contribution in [0.2, 0.25) is 0 Å². The third kappa shape index (κ3) is 3.91. The first-order valence-corrected chi connectivity index (χ1v) is 6.49. The fourth-order valence-electron chi connectivity index (χ4n) is 2.19. The van der Waals surface area contributed by atoms with E-state index in [1.54, 1.807) is 7.11 Å². The lowest BCUT2D eigenvalue weighted by atomic mass is 9.89. The molecule has 1 aromatic rings. The van der Waals surface area contributed by atoms with Crippen LogP contribution in [0.4, 0.5) is 5.69 Å². The number of rotatable bonds is 6. The minimum Gasteiger partial charge on any atom is -0.496 e. The van der Waals surface area contributed by atoms with Crippen LogP contribution in [0.25, 0.3) is 0 Å². The van der Waals surface area contributed by atoms with Gasteiger partial charge in [0.15, 0.2) is 0 Å². The van der Waals surface area contributed by atoms with Gasteiger partial charge in [0, 0.05) is 12.2 Å². The Balaban J connectivity index is 2.75. The van der Waals surface area contributed by atoms with Crippen LogP contribution in [0.1, 0.15) is 31.4 Å². The van der Waals surface area contributed by atoms with Gasteiger partial charge < -0.3 is 15.8 Å². The highest BCUT2D eigenvalue weighted by molar-refractivity contribution is 5.55. The number of nitrogens with one attached hydrogen (secondary N) is 1. The zero-order valence-corrected chi connectivity index (χ0v) is 12.3. The highest BCUT2D eigenvalue weighted by Gasteiger charge is 2.16. The van der Waals surface area contributed by atoms with E-state index in [4.69, 9.17) is 10.5 Å². The predicted octanol–water partition coefficient (Wildman–Crippen LogP) is 3.10. The molecule has 0 saturated heterocycles. The number of nitrogens with two attached hydrogens (primary N) is 1. The minimum absolute atomic E-state index is 0.219. The van der Waals surface area contributed by atoms with Crippen LogP contribution in [-0.2, 0) is 0 Å². The van der Waals surface area contributed by atoms with Crippen LogP contribution in [0.3, 0.4) is 0 Å². The van der Waals surface area contributed by atoms with Crippen molar-refractivity contribution in [2.24, 2.45) is 11.1 Å². The molecule has 1 aromatic carbocycles. The minimum atomic E-state index is 0.219. The fraction of sp³-hybridized carbons (Fsp3) is 0.600. The summed E-state index contributed by atoms with van der Waals surface area (Å²) in [7, 11) is 1.72. The van der Waals surface area contributed by atoms with Crippen molar-refractivity contribution in [2.45, 2.75) is 34.1 Å². The van der Waals surface area contributed by atoms with E-state index < -0.39 is 0 Å². The highest BCUT2D eigenvalue weighted by Crippen LogP contribution is 2.28. The van der Waals surface area contributed by atoms with Crippen LogP contribution in [0.15, 0.2) is 12.1 Å². The summed E-state index contributed by atoms with van der Waals surface area (Å²) in [6.07, 6.45) is 1.02. The maximum absolute atomic E-state index is 5.63. The van der Waals surface area contributed by atoms with Crippen molar-refractivity contribution >= 4 is 5.69 Å². The quantitative estimate of drug-likeness (QED) is 0.815. The molecule has 18 heavy (non-hydrogen) atoms. The standard InChI is InChI=1S/C15H26N2O/c1-11-8-13(9-12(2)14(11)18-5)17-10-15(3,4)6-7-16/h8-9,17H,6-7,10,16H2,1-5H3. The van der Waals surface area contributed by atoms with Crippen LogP contribution in [0.5, 0.6) is 5.75 Å². The molecule has 0 unspecified atom stereocenters. The summed E-state index contributed by atoms with van der Waals surface area (Å²) >= 11 is 0. The first-order valence-electron chi connectivity index (χ1n) is 6.49. The number of methoxy groups -OCH3 is 1. The van der Waals surface area contributed by atoms with Crippen molar-refractivity contribution in [3.05, 3.63) is 23.3 Å². The largest absolute Gasteiger partial charge is 0.496 e. The SMILES string of the molecule is COc1c(C)cc(NCC(C)(C)CCN)cc1C. The van der Waals surface area contributed by atoms with Gasteiger partial charge in [-0.3, -0.25) is 0 Å². The van der Waals surface area contributed by atoms with Gasteiger partial charge in [0.25, 0.3) is 0 Å². The lowest BCUT2D eigenvalue weighted by molar-refractivity contribution is 0.365. The van der Waals surface area contributed by atoms with Crippen molar-refractivity contribution in [3.8, 4) is 5.75 Å². The molecule has 102 valence electrons. The van der Waals surface area contributed by atoms with E-state index in [0.29, 0.717) is 0 Å². The number of anilines is 1. The van der Waals surface area contributed by atoms with Gasteiger partial charge in [-0.1, -0.05) is 13.8 Å². The second-order valence-electron chi connectivity index (χ2n) is 5.70. The van der Waals surface area contributed by atoms with Gasteiger partial charge in [0.1, 0.15) is 5.75 Å². The Labute approximate surface area is 111 Å². The van der Waals surface area contributed by atoms with Gasteiger partial charge in [-0.25, -0.2) is 0 Å². The van der Waals surface area contributed by atoms with Crippen molar-refractivity contribution in [1.82, 2.24) is 0 Å². The Hall–Kier alpha value is -1.22. The van der Waals surface area contributed by atoms with Crippen molar-refractivity contribution in [3.63, 3.8) is 0 Å². The first kappa shape index (κ1) is 14.8. The fourth-order valence-corrected chi connectivity index (χ4v) is 2.19. The van der Waals surface area contributed by atoms with Gasteiger partial charge in [-0.2, -0.15) is 0 Å². The molecule has 0 aliphatic carbocycles. The van der Waals surface area contributed by atoms with E-state index >= 15 is 0 Å². The molecule has 3 nitrogen and oxygen atoms in total. The molecule has 0 aliphatic heterocycles. The molecule has 0 heterocycles. The Morgan fingerprint density at radius 3 is 2.22 bits per heavy atom. The van der Waals surface area contributed by atoms with Gasteiger partial charge in [0.2, 0.25) is 0 Å². The second kappa shape index (κ2) is 6.10. The molecular formula is C15H26N2O. The van der Waals surface area contributed by atoms with Crippen LogP contribution in [0, 0.1) is 19.3 Å². The summed E-state index contributed by atoms with van der Waals surface area (Å²) in [5.74, 6) is 0.974. The zero-order chi connectivity index (χ0) is 13.8. The monoisotopic (exact) mass is 250 g/mol. The molecule has 0 radical (unpaired) electrons. The van der Waals surface area contributed by atoms with E-state index in [0.717, 1.165) is 42.1 Å². The van der Waals surface area contributed by atoms with E-state index in [1.165, 1.54) is 0 Å². The van der Waals surface area contributed by atoms with Gasteiger partial charge >= 0.3 is 0 Å². The Bertz CT molecular complexity index is 376. The van der Waals surface area contributed by atoms with Crippen molar-refractivity contribution < 1.29 is 4.74 Å². The van der Waals surface area contributed by atoms with Crippen molar-refractivity contribution in [2.75, 3.05) is 25.5 Å². The predicted molar refractivity (Wildman–Crippen MR) is 78.4 cm³/mol. The maximum atomic E-state index is 5.63. The number of benzene rings is 1. The second-order valence-corrected chi connectivity index (χ2v) is 5.70. The summed E-state index contributed by atoms with van der Waals surface area (Å²) in [4.78, 5) is 0. The Kier molecular flexibility index (Phi) is 5.03. The summed E-state index contributed by atoms with van der Waals surface area (Å²) in [5.41, 5.74) is 9.32. The summed E-state index contributed by atoms with van der Waals surface area (Å²) in [6.45, 7) is 10.3. The molecule has 0 saturated carbocycles. The van der Waals surface area contributed by atoms with Crippen molar-refractivity contribution in [1.29, 1.82) is 0 Å². The molecule has 1 rings (SSSR count). The highest BCUT2D eigenvalue weighted by atomic mass is 16.5. The Morgan fingerprint density at radius 2 is 1.78 bits per heavy atom. The first-order chi connectivity index (χ1) is 8.39. The smallest absolute Gasteiger partial charge is 0.124 e. The number of hydrogen-bond donors (Lipinski definition) is 2. The lowest BCUT2D eigenvalue weighted by Crippen LogP contribution is -2.26. The third-order valence-corrected chi connectivity index (χ3v) is 3.26. The van der Waals surface area contributed by atoms with E-state index in [9.17, 15) is 0 Å². The van der Waals surface area contributed by atoms with Gasteiger partial charge in [-0.05, 0) is 55.5 Å². The lowest BCUT2D eigenvalue weighted by Gasteiger charge is -2.25. The average Bonchev–Trinajstić information content (AvgIpc) is 2.26. The molecule has 3 heteroatoms. The Morgan fingerprint density at radius 1 is 1.22 bits per heavy atom. The average molecular weight is 250 g/mol.